The molecule has 0 saturated carbocycles. The fraction of sp³-hybridized carbons (Fsp3) is 0.286. The summed E-state index contributed by atoms with van der Waals surface area (Å²) in [5.74, 6) is 0. The Bertz CT molecular complexity index is 870. The van der Waals surface area contributed by atoms with Gasteiger partial charge in [0.2, 0.25) is 0 Å². The Morgan fingerprint density at radius 2 is 2.04 bits per heavy atom. The summed E-state index contributed by atoms with van der Waals surface area (Å²) in [7, 11) is 0. The van der Waals surface area contributed by atoms with Gasteiger partial charge in [0.25, 0.3) is 0 Å². The summed E-state index contributed by atoms with van der Waals surface area (Å²) in [5.41, 5.74) is 3.17. The molecule has 1 aromatic heterocycles. The van der Waals surface area contributed by atoms with E-state index in [2.05, 4.69) is 35.4 Å². The van der Waals surface area contributed by atoms with E-state index >= 15 is 0 Å². The number of carbonyl (C=O) groups excluding carboxylic acids is 1. The first-order valence-electron chi connectivity index (χ1n) is 8.59. The molecule has 0 aliphatic carbocycles. The summed E-state index contributed by atoms with van der Waals surface area (Å²) >= 11 is 1.71. The van der Waals surface area contributed by atoms with Gasteiger partial charge in [-0.2, -0.15) is 0 Å². The smallest absolute Gasteiger partial charge is 0.151 e. The van der Waals surface area contributed by atoms with E-state index < -0.39 is 0 Å². The van der Waals surface area contributed by atoms with E-state index in [1.807, 2.05) is 24.3 Å². The zero-order chi connectivity index (χ0) is 16.5. The van der Waals surface area contributed by atoms with E-state index in [4.69, 9.17) is 0 Å². The predicted octanol–water partition coefficient (Wildman–Crippen LogP) is 5.02. The molecule has 2 aliphatic heterocycles. The second-order valence-electron chi connectivity index (χ2n) is 6.43. The lowest BCUT2D eigenvalue weighted by molar-refractivity contribution is 0.112. The number of thiophene rings is 1. The third-order valence-electron chi connectivity index (χ3n) is 5.04. The van der Waals surface area contributed by atoms with Gasteiger partial charge in [0.05, 0.1) is 0 Å². The van der Waals surface area contributed by atoms with Crippen molar-refractivity contribution in [2.45, 2.75) is 25.8 Å². The molecular weight excluding hydrogens is 314 g/mol. The second-order valence-corrected chi connectivity index (χ2v) is 7.35. The molecule has 0 bridgehead atoms. The SMILES string of the molecule is C1CN2CC12.CCc1ccsc1-c1ccc2ccccc2c1C=O. The minimum Gasteiger partial charge on any atom is -0.298 e. The fourth-order valence-electron chi connectivity index (χ4n) is 3.37. The van der Waals surface area contributed by atoms with Gasteiger partial charge in [0.1, 0.15) is 0 Å². The van der Waals surface area contributed by atoms with Crippen LogP contribution in [0, 0.1) is 0 Å². The molecule has 2 atom stereocenters. The Morgan fingerprint density at radius 1 is 1.21 bits per heavy atom. The minimum absolute atomic E-state index is 0.801. The number of rotatable bonds is 3. The molecule has 2 nitrogen and oxygen atoms in total. The van der Waals surface area contributed by atoms with Gasteiger partial charge in [-0.3, -0.25) is 9.69 Å². The van der Waals surface area contributed by atoms with Gasteiger partial charge < -0.3 is 0 Å². The van der Waals surface area contributed by atoms with Crippen molar-refractivity contribution < 1.29 is 4.79 Å². The third kappa shape index (κ3) is 2.79. The molecule has 0 N–H and O–H groups in total. The van der Waals surface area contributed by atoms with Crippen LogP contribution < -0.4 is 0 Å². The van der Waals surface area contributed by atoms with Crippen LogP contribution in [0.5, 0.6) is 0 Å². The Hall–Kier alpha value is -1.97. The molecular formula is C21H21NOS. The van der Waals surface area contributed by atoms with Crippen molar-refractivity contribution >= 4 is 28.4 Å². The van der Waals surface area contributed by atoms with Crippen molar-refractivity contribution in [3.05, 3.63) is 59.0 Å². The average Bonchev–Trinajstić information content (AvgIpc) is 3.02. The van der Waals surface area contributed by atoms with Crippen LogP contribution in [0.1, 0.15) is 29.3 Å². The van der Waals surface area contributed by atoms with Gasteiger partial charge in [-0.05, 0) is 40.6 Å². The quantitative estimate of drug-likeness (QED) is 0.495. The predicted molar refractivity (Wildman–Crippen MR) is 102 cm³/mol. The number of aryl methyl sites for hydroxylation is 1. The van der Waals surface area contributed by atoms with Gasteiger partial charge >= 0.3 is 0 Å². The lowest BCUT2D eigenvalue weighted by Gasteiger charge is -2.08. The lowest BCUT2D eigenvalue weighted by Crippen LogP contribution is -2.16. The average molecular weight is 335 g/mol. The van der Waals surface area contributed by atoms with Crippen LogP contribution in [0.4, 0.5) is 0 Å². The van der Waals surface area contributed by atoms with E-state index in [9.17, 15) is 4.79 Å². The standard InChI is InChI=1S/C17H14OS.C4H7N/c1-2-12-9-10-19-17(12)15-8-7-13-5-3-4-6-14(13)16(15)11-18;1-2-5-3-4(1)5/h3-11H,2H2,1H3;4H,1-3H2. The van der Waals surface area contributed by atoms with E-state index in [0.717, 1.165) is 40.6 Å². The van der Waals surface area contributed by atoms with E-state index in [0.29, 0.717) is 0 Å². The lowest BCUT2D eigenvalue weighted by atomic mass is 9.97. The van der Waals surface area contributed by atoms with E-state index in [-0.39, 0.29) is 0 Å². The topological polar surface area (TPSA) is 20.1 Å². The number of aldehydes is 1. The molecule has 2 aromatic carbocycles. The highest BCUT2D eigenvalue weighted by Gasteiger charge is 2.41. The van der Waals surface area contributed by atoms with Crippen LogP contribution in [0.25, 0.3) is 21.2 Å². The van der Waals surface area contributed by atoms with Crippen LogP contribution in [-0.2, 0) is 6.42 Å². The Balaban J connectivity index is 0.000000244. The molecule has 2 saturated heterocycles. The molecule has 2 fully saturated rings. The number of carbonyl (C=O) groups is 1. The van der Waals surface area contributed by atoms with E-state index in [1.54, 1.807) is 11.3 Å². The van der Waals surface area contributed by atoms with Crippen LogP contribution in [0.3, 0.4) is 0 Å². The number of hydrogen-bond acceptors (Lipinski definition) is 3. The molecule has 5 rings (SSSR count). The van der Waals surface area contributed by atoms with Crippen LogP contribution in [-0.4, -0.2) is 30.3 Å². The monoisotopic (exact) mass is 335 g/mol. The van der Waals surface area contributed by atoms with Gasteiger partial charge in [-0.25, -0.2) is 0 Å². The zero-order valence-corrected chi connectivity index (χ0v) is 14.7. The first kappa shape index (κ1) is 15.6. The van der Waals surface area contributed by atoms with Gasteiger partial charge in [-0.15, -0.1) is 11.3 Å². The highest BCUT2D eigenvalue weighted by atomic mass is 32.1. The molecule has 0 amide bonds. The maximum absolute atomic E-state index is 11.5. The zero-order valence-electron chi connectivity index (χ0n) is 13.9. The van der Waals surface area contributed by atoms with Gasteiger partial charge in [0, 0.05) is 35.1 Å². The summed E-state index contributed by atoms with van der Waals surface area (Å²) in [6.45, 7) is 4.96. The maximum Gasteiger partial charge on any atom is 0.151 e. The molecule has 2 unspecified atom stereocenters. The van der Waals surface area contributed by atoms with Crippen molar-refractivity contribution in [1.82, 2.24) is 4.90 Å². The number of nitrogens with zero attached hydrogens (tertiary/aromatic N) is 1. The Kier molecular flexibility index (Phi) is 4.21. The van der Waals surface area contributed by atoms with Crippen molar-refractivity contribution in [1.29, 1.82) is 0 Å². The van der Waals surface area contributed by atoms with Crippen LogP contribution in [0.15, 0.2) is 47.8 Å². The van der Waals surface area contributed by atoms with Crippen molar-refractivity contribution in [3.8, 4) is 10.4 Å². The van der Waals surface area contributed by atoms with Crippen molar-refractivity contribution in [2.75, 3.05) is 13.1 Å². The highest BCUT2D eigenvalue weighted by Crippen LogP contribution is 2.35. The fourth-order valence-corrected chi connectivity index (χ4v) is 4.41. The largest absolute Gasteiger partial charge is 0.298 e. The molecule has 3 aromatic rings. The number of fused-ring (bicyclic) bond motifs is 2. The Labute approximate surface area is 146 Å². The second kappa shape index (κ2) is 6.50. The van der Waals surface area contributed by atoms with Crippen molar-refractivity contribution in [3.63, 3.8) is 0 Å². The summed E-state index contributed by atoms with van der Waals surface area (Å²) < 4.78 is 0. The van der Waals surface area contributed by atoms with Gasteiger partial charge in [-0.1, -0.05) is 43.3 Å². The van der Waals surface area contributed by atoms with E-state index in [1.165, 1.54) is 30.0 Å². The molecule has 0 spiro atoms. The molecule has 0 radical (unpaired) electrons. The Morgan fingerprint density at radius 3 is 2.67 bits per heavy atom. The number of hydrogen-bond donors (Lipinski definition) is 0. The normalized spacial score (nSPS) is 20.5. The molecule has 3 heteroatoms. The maximum atomic E-state index is 11.5. The summed E-state index contributed by atoms with van der Waals surface area (Å²) in [6.07, 6.45) is 3.46. The highest BCUT2D eigenvalue weighted by molar-refractivity contribution is 7.13. The molecule has 2 aliphatic rings. The minimum atomic E-state index is 0.801. The van der Waals surface area contributed by atoms with Crippen LogP contribution in [0.2, 0.25) is 0 Å². The summed E-state index contributed by atoms with van der Waals surface area (Å²) in [5, 5.41) is 4.24. The van der Waals surface area contributed by atoms with Crippen LogP contribution >= 0.6 is 11.3 Å². The first-order chi connectivity index (χ1) is 11.8. The first-order valence-corrected chi connectivity index (χ1v) is 9.47. The summed E-state index contributed by atoms with van der Waals surface area (Å²) in [6, 6.07) is 15.4. The third-order valence-corrected chi connectivity index (χ3v) is 6.03. The number of benzene rings is 2. The van der Waals surface area contributed by atoms with Gasteiger partial charge in [0.15, 0.2) is 6.29 Å². The molecule has 122 valence electrons. The molecule has 24 heavy (non-hydrogen) atoms. The van der Waals surface area contributed by atoms with Crippen molar-refractivity contribution in [2.24, 2.45) is 0 Å². The molecule has 3 heterocycles. The summed E-state index contributed by atoms with van der Waals surface area (Å²) in [4.78, 5) is 15.2.